The lowest BCUT2D eigenvalue weighted by Crippen LogP contribution is -2.08. The van der Waals surface area contributed by atoms with Crippen molar-refractivity contribution < 1.29 is 9.15 Å². The molecular formula is C23H23N3O2. The summed E-state index contributed by atoms with van der Waals surface area (Å²) in [7, 11) is 1.69. The van der Waals surface area contributed by atoms with E-state index >= 15 is 0 Å². The average Bonchev–Trinajstić information content (AvgIpc) is 3.08. The highest BCUT2D eigenvalue weighted by Gasteiger charge is 2.08. The molecule has 0 saturated heterocycles. The van der Waals surface area contributed by atoms with Crippen LogP contribution in [0.1, 0.15) is 17.0 Å². The summed E-state index contributed by atoms with van der Waals surface area (Å²) >= 11 is 0. The van der Waals surface area contributed by atoms with Gasteiger partial charge in [-0.05, 0) is 61.7 Å². The van der Waals surface area contributed by atoms with Crippen LogP contribution in [-0.4, -0.2) is 23.6 Å². The lowest BCUT2D eigenvalue weighted by atomic mass is 10.1. The molecule has 0 amide bonds. The molecule has 1 N–H and O–H groups in total. The summed E-state index contributed by atoms with van der Waals surface area (Å²) in [4.78, 5) is 9.14. The summed E-state index contributed by atoms with van der Waals surface area (Å²) in [6, 6.07) is 16.3. The second kappa shape index (κ2) is 7.72. The fourth-order valence-corrected chi connectivity index (χ4v) is 3.28. The van der Waals surface area contributed by atoms with Crippen LogP contribution in [0.2, 0.25) is 0 Å². The standard InChI is InChI=1S/C23H23N3O2/c1-15-14-28-22-8-7-18(12-20(15)22)21-13-23(26-16(2)25-21)24-10-9-17-5-4-6-19(11-17)27-3/h4-8,11-14H,9-10H2,1-3H3,(H,24,25,26). The molecule has 0 spiro atoms. The van der Waals surface area contributed by atoms with Crippen LogP contribution in [0.3, 0.4) is 0 Å². The highest BCUT2D eigenvalue weighted by molar-refractivity contribution is 5.85. The molecule has 5 nitrogen and oxygen atoms in total. The minimum absolute atomic E-state index is 0.741. The lowest BCUT2D eigenvalue weighted by molar-refractivity contribution is 0.414. The van der Waals surface area contributed by atoms with Crippen LogP contribution in [-0.2, 0) is 6.42 Å². The summed E-state index contributed by atoms with van der Waals surface area (Å²) in [5.41, 5.74) is 5.19. The van der Waals surface area contributed by atoms with Gasteiger partial charge in [-0.15, -0.1) is 0 Å². The SMILES string of the molecule is COc1cccc(CCNc2cc(-c3ccc4occ(C)c4c3)nc(C)n2)c1. The number of nitrogens with one attached hydrogen (secondary N) is 1. The van der Waals surface area contributed by atoms with Crippen LogP contribution in [0.4, 0.5) is 5.82 Å². The molecule has 4 aromatic rings. The summed E-state index contributed by atoms with van der Waals surface area (Å²) in [6.45, 7) is 4.74. The Kier molecular flexibility index (Phi) is 4.98. The van der Waals surface area contributed by atoms with Gasteiger partial charge in [-0.2, -0.15) is 0 Å². The number of hydrogen-bond acceptors (Lipinski definition) is 5. The van der Waals surface area contributed by atoms with Crippen LogP contribution < -0.4 is 10.1 Å². The van der Waals surface area contributed by atoms with E-state index in [0.29, 0.717) is 0 Å². The van der Waals surface area contributed by atoms with Crippen molar-refractivity contribution in [2.75, 3.05) is 19.0 Å². The monoisotopic (exact) mass is 373 g/mol. The Hall–Kier alpha value is -3.34. The molecule has 2 aromatic heterocycles. The van der Waals surface area contributed by atoms with E-state index in [9.17, 15) is 0 Å². The number of ether oxygens (including phenoxy) is 1. The van der Waals surface area contributed by atoms with E-state index in [4.69, 9.17) is 9.15 Å². The van der Waals surface area contributed by atoms with E-state index in [1.54, 1.807) is 13.4 Å². The highest BCUT2D eigenvalue weighted by Crippen LogP contribution is 2.27. The van der Waals surface area contributed by atoms with Crippen molar-refractivity contribution in [3.05, 3.63) is 71.7 Å². The van der Waals surface area contributed by atoms with Gasteiger partial charge in [0.2, 0.25) is 0 Å². The molecular weight excluding hydrogens is 350 g/mol. The fraction of sp³-hybridized carbons (Fsp3) is 0.217. The van der Waals surface area contributed by atoms with Crippen molar-refractivity contribution in [3.63, 3.8) is 0 Å². The number of nitrogens with zero attached hydrogens (tertiary/aromatic N) is 2. The third-order valence-corrected chi connectivity index (χ3v) is 4.75. The van der Waals surface area contributed by atoms with E-state index in [2.05, 4.69) is 33.5 Å². The Bertz CT molecular complexity index is 1120. The van der Waals surface area contributed by atoms with Crippen molar-refractivity contribution in [2.24, 2.45) is 0 Å². The minimum atomic E-state index is 0.741. The number of fused-ring (bicyclic) bond motifs is 1. The second-order valence-corrected chi connectivity index (χ2v) is 6.84. The molecule has 0 aliphatic rings. The van der Waals surface area contributed by atoms with Gasteiger partial charge in [0.1, 0.15) is 23.0 Å². The normalized spacial score (nSPS) is 11.0. The quantitative estimate of drug-likeness (QED) is 0.505. The Morgan fingerprint density at radius 2 is 1.93 bits per heavy atom. The van der Waals surface area contributed by atoms with Crippen LogP contribution in [0, 0.1) is 13.8 Å². The number of aryl methyl sites for hydroxylation is 2. The molecule has 2 aromatic carbocycles. The molecule has 0 fully saturated rings. The van der Waals surface area contributed by atoms with Gasteiger partial charge in [0.15, 0.2) is 0 Å². The Labute approximate surface area is 164 Å². The Balaban J connectivity index is 1.52. The Morgan fingerprint density at radius 3 is 2.79 bits per heavy atom. The summed E-state index contributed by atoms with van der Waals surface area (Å²) in [6.07, 6.45) is 2.67. The zero-order valence-electron chi connectivity index (χ0n) is 16.3. The first-order valence-electron chi connectivity index (χ1n) is 9.33. The number of hydrogen-bond donors (Lipinski definition) is 1. The number of methoxy groups -OCH3 is 1. The van der Waals surface area contributed by atoms with Gasteiger partial charge in [0.05, 0.1) is 19.1 Å². The lowest BCUT2D eigenvalue weighted by Gasteiger charge is -2.10. The van der Waals surface area contributed by atoms with Gasteiger partial charge in [0, 0.05) is 23.6 Å². The van der Waals surface area contributed by atoms with E-state index in [1.165, 1.54) is 5.56 Å². The van der Waals surface area contributed by atoms with Crippen LogP contribution in [0.5, 0.6) is 5.75 Å². The fourth-order valence-electron chi connectivity index (χ4n) is 3.28. The topological polar surface area (TPSA) is 60.2 Å². The first-order valence-corrected chi connectivity index (χ1v) is 9.33. The Morgan fingerprint density at radius 1 is 1.04 bits per heavy atom. The van der Waals surface area contributed by atoms with Gasteiger partial charge in [-0.1, -0.05) is 12.1 Å². The van der Waals surface area contributed by atoms with Gasteiger partial charge in [0.25, 0.3) is 0 Å². The van der Waals surface area contributed by atoms with Crippen molar-refractivity contribution >= 4 is 16.8 Å². The summed E-state index contributed by atoms with van der Waals surface area (Å²) in [5.74, 6) is 2.45. The maximum Gasteiger partial charge on any atom is 0.134 e. The molecule has 4 rings (SSSR count). The second-order valence-electron chi connectivity index (χ2n) is 6.84. The van der Waals surface area contributed by atoms with Gasteiger partial charge < -0.3 is 14.5 Å². The zero-order chi connectivity index (χ0) is 19.5. The number of anilines is 1. The number of rotatable bonds is 6. The molecule has 28 heavy (non-hydrogen) atoms. The third-order valence-electron chi connectivity index (χ3n) is 4.75. The van der Waals surface area contributed by atoms with Crippen LogP contribution >= 0.6 is 0 Å². The molecule has 5 heteroatoms. The van der Waals surface area contributed by atoms with Gasteiger partial charge in [-0.25, -0.2) is 9.97 Å². The van der Waals surface area contributed by atoms with E-state index in [-0.39, 0.29) is 0 Å². The predicted octanol–water partition coefficient (Wildman–Crippen LogP) is 5.17. The van der Waals surface area contributed by atoms with Gasteiger partial charge in [-0.3, -0.25) is 0 Å². The zero-order valence-corrected chi connectivity index (χ0v) is 16.3. The number of benzene rings is 2. The van der Waals surface area contributed by atoms with Crippen molar-refractivity contribution in [3.8, 4) is 17.0 Å². The van der Waals surface area contributed by atoms with Gasteiger partial charge >= 0.3 is 0 Å². The molecule has 0 bridgehead atoms. The molecule has 0 radical (unpaired) electrons. The molecule has 0 aliphatic heterocycles. The molecule has 0 atom stereocenters. The van der Waals surface area contributed by atoms with Crippen LogP contribution in [0.15, 0.2) is 59.2 Å². The van der Waals surface area contributed by atoms with Crippen LogP contribution in [0.25, 0.3) is 22.2 Å². The third kappa shape index (κ3) is 3.83. The smallest absolute Gasteiger partial charge is 0.134 e. The van der Waals surface area contributed by atoms with Crippen molar-refractivity contribution in [1.29, 1.82) is 0 Å². The number of furan rings is 1. The number of aromatic nitrogens is 2. The predicted molar refractivity (Wildman–Crippen MR) is 112 cm³/mol. The highest BCUT2D eigenvalue weighted by atomic mass is 16.5. The summed E-state index contributed by atoms with van der Waals surface area (Å²) < 4.78 is 10.8. The summed E-state index contributed by atoms with van der Waals surface area (Å²) in [5, 5.41) is 4.53. The molecule has 2 heterocycles. The molecule has 0 unspecified atom stereocenters. The molecule has 0 saturated carbocycles. The van der Waals surface area contributed by atoms with E-state index in [0.717, 1.165) is 58.1 Å². The van der Waals surface area contributed by atoms with E-state index < -0.39 is 0 Å². The average molecular weight is 373 g/mol. The first-order chi connectivity index (χ1) is 13.6. The van der Waals surface area contributed by atoms with E-state index in [1.807, 2.05) is 44.2 Å². The first kappa shape index (κ1) is 18.0. The van der Waals surface area contributed by atoms with Crippen molar-refractivity contribution in [2.45, 2.75) is 20.3 Å². The van der Waals surface area contributed by atoms with Crippen molar-refractivity contribution in [1.82, 2.24) is 9.97 Å². The molecule has 0 aliphatic carbocycles. The maximum absolute atomic E-state index is 5.54. The maximum atomic E-state index is 5.54. The largest absolute Gasteiger partial charge is 0.497 e. The molecule has 142 valence electrons. The minimum Gasteiger partial charge on any atom is -0.497 e.